The van der Waals surface area contributed by atoms with E-state index in [2.05, 4.69) is 5.32 Å². The van der Waals surface area contributed by atoms with Gasteiger partial charge in [-0.05, 0) is 24.1 Å². The molecular formula is C20H22F2N2O3S. The lowest BCUT2D eigenvalue weighted by molar-refractivity contribution is -0.126. The van der Waals surface area contributed by atoms with Crippen molar-refractivity contribution in [3.63, 3.8) is 0 Å². The van der Waals surface area contributed by atoms with Gasteiger partial charge in [-0.3, -0.25) is 9.69 Å². The molecule has 0 spiro atoms. The van der Waals surface area contributed by atoms with Gasteiger partial charge in [0.1, 0.15) is 17.7 Å². The van der Waals surface area contributed by atoms with E-state index in [-0.39, 0.29) is 49.0 Å². The molecular weight excluding hydrogens is 386 g/mol. The maximum Gasteiger partial charge on any atom is 0.241 e. The number of nitrogens with one attached hydrogen (secondary N) is 1. The van der Waals surface area contributed by atoms with Gasteiger partial charge in [-0.25, -0.2) is 17.2 Å². The Morgan fingerprint density at radius 2 is 1.61 bits per heavy atom. The number of amides is 1. The van der Waals surface area contributed by atoms with Crippen LogP contribution in [0.2, 0.25) is 0 Å². The maximum absolute atomic E-state index is 13.7. The lowest BCUT2D eigenvalue weighted by Gasteiger charge is -2.33. The molecule has 0 saturated carbocycles. The zero-order valence-electron chi connectivity index (χ0n) is 15.3. The minimum absolute atomic E-state index is 0.00402. The van der Waals surface area contributed by atoms with Crippen LogP contribution < -0.4 is 5.32 Å². The molecule has 2 aromatic rings. The summed E-state index contributed by atoms with van der Waals surface area (Å²) in [7, 11) is -3.08. The normalized spacial score (nSPS) is 17.8. The lowest BCUT2D eigenvalue weighted by Crippen LogP contribution is -2.47. The van der Waals surface area contributed by atoms with Gasteiger partial charge in [0, 0.05) is 25.2 Å². The third-order valence-corrected chi connectivity index (χ3v) is 6.45. The molecule has 28 heavy (non-hydrogen) atoms. The highest BCUT2D eigenvalue weighted by molar-refractivity contribution is 7.91. The summed E-state index contributed by atoms with van der Waals surface area (Å²) in [5.41, 5.74) is 0.680. The molecule has 0 aromatic heterocycles. The first kappa shape index (κ1) is 20.4. The van der Waals surface area contributed by atoms with Gasteiger partial charge in [0.2, 0.25) is 5.91 Å². The second-order valence-corrected chi connectivity index (χ2v) is 9.05. The Bertz CT molecular complexity index is 901. The van der Waals surface area contributed by atoms with E-state index in [1.54, 1.807) is 0 Å². The number of sulfone groups is 1. The number of carbonyl (C=O) groups is 1. The van der Waals surface area contributed by atoms with Gasteiger partial charge in [-0.1, -0.05) is 36.4 Å². The fourth-order valence-corrected chi connectivity index (χ4v) is 4.56. The van der Waals surface area contributed by atoms with Gasteiger partial charge < -0.3 is 5.32 Å². The minimum Gasteiger partial charge on any atom is -0.354 e. The highest BCUT2D eigenvalue weighted by Crippen LogP contribution is 2.23. The van der Waals surface area contributed by atoms with Crippen molar-refractivity contribution in [2.45, 2.75) is 12.5 Å². The monoisotopic (exact) mass is 408 g/mol. The van der Waals surface area contributed by atoms with Crippen molar-refractivity contribution in [3.8, 4) is 0 Å². The summed E-state index contributed by atoms with van der Waals surface area (Å²) >= 11 is 0. The molecule has 1 aliphatic heterocycles. The Morgan fingerprint density at radius 1 is 1.00 bits per heavy atom. The van der Waals surface area contributed by atoms with Crippen molar-refractivity contribution in [1.82, 2.24) is 10.2 Å². The number of hydrogen-bond donors (Lipinski definition) is 1. The molecule has 0 radical (unpaired) electrons. The summed E-state index contributed by atoms with van der Waals surface area (Å²) in [5.74, 6) is -1.60. The topological polar surface area (TPSA) is 66.5 Å². The first-order valence-electron chi connectivity index (χ1n) is 9.07. The molecule has 1 atom stereocenters. The average Bonchev–Trinajstić information content (AvgIpc) is 2.66. The molecule has 1 fully saturated rings. The minimum atomic E-state index is -3.08. The third-order valence-electron chi connectivity index (χ3n) is 4.84. The van der Waals surface area contributed by atoms with Crippen LogP contribution >= 0.6 is 0 Å². The molecule has 2 aromatic carbocycles. The zero-order chi connectivity index (χ0) is 20.1. The summed E-state index contributed by atoms with van der Waals surface area (Å²) in [6, 6.07) is 12.1. The van der Waals surface area contributed by atoms with Crippen LogP contribution in [0.15, 0.2) is 48.5 Å². The summed E-state index contributed by atoms with van der Waals surface area (Å²) in [5, 5.41) is 2.74. The predicted octanol–water partition coefficient (Wildman–Crippen LogP) is 2.10. The van der Waals surface area contributed by atoms with E-state index >= 15 is 0 Å². The van der Waals surface area contributed by atoms with Crippen molar-refractivity contribution in [2.75, 3.05) is 31.1 Å². The number of hydrogen-bond acceptors (Lipinski definition) is 4. The molecule has 0 bridgehead atoms. The predicted molar refractivity (Wildman–Crippen MR) is 102 cm³/mol. The standard InChI is InChI=1S/C20H22F2N2O3S/c21-17-7-4-8-18(22)16(17)9-10-23-20(25)19(15-5-2-1-3-6-15)24-11-13-28(26,27)14-12-24/h1-8,19H,9-14H2,(H,23,25). The first-order chi connectivity index (χ1) is 13.4. The van der Waals surface area contributed by atoms with E-state index in [1.165, 1.54) is 18.2 Å². The van der Waals surface area contributed by atoms with Gasteiger partial charge in [0.05, 0.1) is 11.5 Å². The van der Waals surface area contributed by atoms with E-state index in [0.717, 1.165) is 5.56 Å². The maximum atomic E-state index is 13.7. The van der Waals surface area contributed by atoms with Gasteiger partial charge in [0.25, 0.3) is 0 Å². The number of rotatable bonds is 6. The summed E-state index contributed by atoms with van der Waals surface area (Å²) in [6.07, 6.45) is 0.0279. The number of halogens is 2. The molecule has 1 unspecified atom stereocenters. The number of benzene rings is 2. The molecule has 1 heterocycles. The zero-order valence-corrected chi connectivity index (χ0v) is 16.1. The highest BCUT2D eigenvalue weighted by atomic mass is 32.2. The van der Waals surface area contributed by atoms with E-state index in [0.29, 0.717) is 0 Å². The van der Waals surface area contributed by atoms with Crippen LogP contribution in [0.1, 0.15) is 17.2 Å². The fourth-order valence-electron chi connectivity index (χ4n) is 3.33. The van der Waals surface area contributed by atoms with Crippen molar-refractivity contribution >= 4 is 15.7 Å². The van der Waals surface area contributed by atoms with Crippen molar-refractivity contribution in [1.29, 1.82) is 0 Å². The third kappa shape index (κ3) is 4.94. The van der Waals surface area contributed by atoms with Crippen molar-refractivity contribution in [2.24, 2.45) is 0 Å². The van der Waals surface area contributed by atoms with Crippen molar-refractivity contribution in [3.05, 3.63) is 71.3 Å². The van der Waals surface area contributed by atoms with E-state index in [1.807, 2.05) is 35.2 Å². The van der Waals surface area contributed by atoms with Crippen LogP contribution in [0.4, 0.5) is 8.78 Å². The SMILES string of the molecule is O=C(NCCc1c(F)cccc1F)C(c1ccccc1)N1CCS(=O)(=O)CC1. The smallest absolute Gasteiger partial charge is 0.241 e. The lowest BCUT2D eigenvalue weighted by atomic mass is 10.0. The molecule has 0 aliphatic carbocycles. The molecule has 3 rings (SSSR count). The van der Waals surface area contributed by atoms with Gasteiger partial charge in [-0.2, -0.15) is 0 Å². The Kier molecular flexibility index (Phi) is 6.41. The molecule has 1 aliphatic rings. The van der Waals surface area contributed by atoms with Crippen molar-refractivity contribution < 1.29 is 22.0 Å². The van der Waals surface area contributed by atoms with Gasteiger partial charge >= 0.3 is 0 Å². The fraction of sp³-hybridized carbons (Fsp3) is 0.350. The summed E-state index contributed by atoms with van der Waals surface area (Å²) in [6.45, 7) is 0.598. The van der Waals surface area contributed by atoms with E-state index in [9.17, 15) is 22.0 Å². The Hall–Kier alpha value is -2.32. The molecule has 5 nitrogen and oxygen atoms in total. The Morgan fingerprint density at radius 3 is 2.21 bits per heavy atom. The highest BCUT2D eigenvalue weighted by Gasteiger charge is 2.32. The average molecular weight is 408 g/mol. The van der Waals surface area contributed by atoms with Crippen LogP contribution in [0, 0.1) is 11.6 Å². The molecule has 8 heteroatoms. The summed E-state index contributed by atoms with van der Waals surface area (Å²) < 4.78 is 50.9. The van der Waals surface area contributed by atoms with Crippen LogP contribution in [-0.2, 0) is 21.1 Å². The second-order valence-electron chi connectivity index (χ2n) is 6.74. The molecule has 150 valence electrons. The van der Waals surface area contributed by atoms with Crippen LogP contribution in [0.5, 0.6) is 0 Å². The van der Waals surface area contributed by atoms with Crippen LogP contribution in [0.25, 0.3) is 0 Å². The quantitative estimate of drug-likeness (QED) is 0.795. The van der Waals surface area contributed by atoms with Crippen LogP contribution in [0.3, 0.4) is 0 Å². The largest absolute Gasteiger partial charge is 0.354 e. The summed E-state index contributed by atoms with van der Waals surface area (Å²) in [4.78, 5) is 14.7. The van der Waals surface area contributed by atoms with E-state index in [4.69, 9.17) is 0 Å². The second kappa shape index (κ2) is 8.79. The molecule has 1 N–H and O–H groups in total. The van der Waals surface area contributed by atoms with E-state index < -0.39 is 27.5 Å². The Balaban J connectivity index is 1.70. The number of nitrogens with zero attached hydrogens (tertiary/aromatic N) is 1. The molecule has 1 saturated heterocycles. The number of carbonyl (C=O) groups excluding carboxylic acids is 1. The van der Waals surface area contributed by atoms with Gasteiger partial charge in [0.15, 0.2) is 9.84 Å². The van der Waals surface area contributed by atoms with Gasteiger partial charge in [-0.15, -0.1) is 0 Å². The Labute approximate surface area is 163 Å². The first-order valence-corrected chi connectivity index (χ1v) is 10.9. The molecule has 1 amide bonds. The van der Waals surface area contributed by atoms with Crippen LogP contribution in [-0.4, -0.2) is 50.4 Å².